The van der Waals surface area contributed by atoms with Crippen molar-refractivity contribution in [3.05, 3.63) is 24.3 Å². The van der Waals surface area contributed by atoms with E-state index in [1.54, 1.807) is 30.3 Å². The highest BCUT2D eigenvalue weighted by atomic mass is 79.9. The van der Waals surface area contributed by atoms with E-state index in [1.807, 2.05) is 6.92 Å². The Morgan fingerprint density at radius 1 is 1.32 bits per heavy atom. The van der Waals surface area contributed by atoms with Crippen LogP contribution in [0.3, 0.4) is 0 Å². The molecule has 2 aromatic heterocycles. The average Bonchev–Trinajstić information content (AvgIpc) is 2.84. The van der Waals surface area contributed by atoms with Crippen molar-refractivity contribution in [1.82, 2.24) is 24.7 Å². The van der Waals surface area contributed by atoms with Crippen molar-refractivity contribution in [3.63, 3.8) is 0 Å². The molecule has 0 fully saturated rings. The molecule has 0 radical (unpaired) electrons. The molecule has 8 heteroatoms. The highest BCUT2D eigenvalue weighted by molar-refractivity contribution is 9.09. The van der Waals surface area contributed by atoms with E-state index in [4.69, 9.17) is 9.47 Å². The number of halogens is 1. The van der Waals surface area contributed by atoms with Crippen LogP contribution in [0.1, 0.15) is 17.6 Å². The topological polar surface area (TPSA) is 75.0 Å². The summed E-state index contributed by atoms with van der Waals surface area (Å²) < 4.78 is 11.9. The SMILES string of the molecule is COCCOc1nc(C(C)Br)n(-c2ncccn2)n1. The van der Waals surface area contributed by atoms with Crippen LogP contribution < -0.4 is 4.74 Å². The first-order valence-corrected chi connectivity index (χ1v) is 6.64. The largest absolute Gasteiger partial charge is 0.460 e. The van der Waals surface area contributed by atoms with E-state index in [1.165, 1.54) is 0 Å². The minimum Gasteiger partial charge on any atom is -0.460 e. The quantitative estimate of drug-likeness (QED) is 0.591. The standard InChI is InChI=1S/C11H14BrN5O2/c1-8(12)9-15-11(19-7-6-18-2)16-17(9)10-13-4-3-5-14-10/h3-5,8H,6-7H2,1-2H3. The molecule has 7 nitrogen and oxygen atoms in total. The minimum atomic E-state index is 0.00332. The Kier molecular flexibility index (Phi) is 4.80. The molecule has 0 aliphatic rings. The van der Waals surface area contributed by atoms with Crippen molar-refractivity contribution >= 4 is 15.9 Å². The van der Waals surface area contributed by atoms with E-state index < -0.39 is 0 Å². The predicted molar refractivity (Wildman–Crippen MR) is 71.7 cm³/mol. The van der Waals surface area contributed by atoms with E-state index in [9.17, 15) is 0 Å². The molecular weight excluding hydrogens is 314 g/mol. The number of ether oxygens (including phenoxy) is 2. The summed E-state index contributed by atoms with van der Waals surface area (Å²) in [5, 5.41) is 4.25. The second kappa shape index (κ2) is 6.58. The van der Waals surface area contributed by atoms with Gasteiger partial charge in [0.1, 0.15) is 6.61 Å². The minimum absolute atomic E-state index is 0.00332. The summed E-state index contributed by atoms with van der Waals surface area (Å²) in [5.74, 6) is 1.14. The van der Waals surface area contributed by atoms with Gasteiger partial charge in [-0.15, -0.1) is 5.10 Å². The fourth-order valence-corrected chi connectivity index (χ4v) is 1.68. The van der Waals surface area contributed by atoms with Gasteiger partial charge in [-0.1, -0.05) is 15.9 Å². The van der Waals surface area contributed by atoms with Gasteiger partial charge in [0.25, 0.3) is 5.95 Å². The number of alkyl halides is 1. The molecule has 0 bridgehead atoms. The third-order valence-corrected chi connectivity index (χ3v) is 2.64. The summed E-state index contributed by atoms with van der Waals surface area (Å²) in [4.78, 5) is 12.6. The molecule has 0 saturated heterocycles. The zero-order valence-electron chi connectivity index (χ0n) is 10.7. The number of hydrogen-bond acceptors (Lipinski definition) is 6. The molecule has 2 heterocycles. The molecule has 0 aliphatic carbocycles. The van der Waals surface area contributed by atoms with Crippen LogP contribution in [0.2, 0.25) is 0 Å². The molecule has 1 atom stereocenters. The lowest BCUT2D eigenvalue weighted by Crippen LogP contribution is -2.07. The summed E-state index contributed by atoms with van der Waals surface area (Å²) in [6.07, 6.45) is 3.30. The third kappa shape index (κ3) is 3.48. The predicted octanol–water partition coefficient (Wildman–Crippen LogP) is 1.54. The van der Waals surface area contributed by atoms with Gasteiger partial charge in [-0.3, -0.25) is 0 Å². The van der Waals surface area contributed by atoms with Gasteiger partial charge >= 0.3 is 6.01 Å². The molecular formula is C11H14BrN5O2. The molecule has 0 amide bonds. The monoisotopic (exact) mass is 327 g/mol. The van der Waals surface area contributed by atoms with E-state index in [0.29, 0.717) is 25.0 Å². The van der Waals surface area contributed by atoms with Crippen molar-refractivity contribution < 1.29 is 9.47 Å². The van der Waals surface area contributed by atoms with Crippen molar-refractivity contribution in [1.29, 1.82) is 0 Å². The number of hydrogen-bond donors (Lipinski definition) is 0. The smallest absolute Gasteiger partial charge is 0.336 e. The first-order chi connectivity index (χ1) is 9.22. The van der Waals surface area contributed by atoms with Crippen molar-refractivity contribution in [2.24, 2.45) is 0 Å². The maximum Gasteiger partial charge on any atom is 0.336 e. The maximum absolute atomic E-state index is 5.39. The van der Waals surface area contributed by atoms with E-state index in [0.717, 1.165) is 0 Å². The van der Waals surface area contributed by atoms with Crippen LogP contribution in [0.25, 0.3) is 5.95 Å². The fraction of sp³-hybridized carbons (Fsp3) is 0.455. The van der Waals surface area contributed by atoms with Gasteiger partial charge in [-0.25, -0.2) is 9.97 Å². The molecule has 0 saturated carbocycles. The van der Waals surface area contributed by atoms with Gasteiger partial charge in [-0.2, -0.15) is 9.67 Å². The summed E-state index contributed by atoms with van der Waals surface area (Å²) in [6, 6.07) is 2.03. The van der Waals surface area contributed by atoms with Gasteiger partial charge in [0, 0.05) is 19.5 Å². The lowest BCUT2D eigenvalue weighted by molar-refractivity contribution is 0.141. The van der Waals surface area contributed by atoms with Gasteiger partial charge in [0.15, 0.2) is 5.82 Å². The zero-order valence-corrected chi connectivity index (χ0v) is 12.2. The molecule has 0 spiro atoms. The number of aromatic nitrogens is 5. The van der Waals surface area contributed by atoms with E-state index in [2.05, 4.69) is 36.0 Å². The average molecular weight is 328 g/mol. The van der Waals surface area contributed by atoms with Crippen LogP contribution in [0.15, 0.2) is 18.5 Å². The van der Waals surface area contributed by atoms with Crippen molar-refractivity contribution in [3.8, 4) is 12.0 Å². The summed E-state index contributed by atoms with van der Waals surface area (Å²) in [7, 11) is 1.61. The van der Waals surface area contributed by atoms with Crippen LogP contribution in [-0.4, -0.2) is 45.1 Å². The Bertz CT molecular complexity index is 517. The van der Waals surface area contributed by atoms with Crippen LogP contribution >= 0.6 is 15.9 Å². The van der Waals surface area contributed by atoms with Gasteiger partial charge in [0.2, 0.25) is 0 Å². The molecule has 2 rings (SSSR count). The van der Waals surface area contributed by atoms with Crippen LogP contribution in [-0.2, 0) is 4.74 Å². The second-order valence-corrected chi connectivity index (χ2v) is 5.04. The third-order valence-electron chi connectivity index (χ3n) is 2.23. The molecule has 0 aliphatic heterocycles. The normalized spacial score (nSPS) is 12.4. The Morgan fingerprint density at radius 2 is 2.05 bits per heavy atom. The van der Waals surface area contributed by atoms with Crippen molar-refractivity contribution in [2.75, 3.05) is 20.3 Å². The zero-order chi connectivity index (χ0) is 13.7. The fourth-order valence-electron chi connectivity index (χ4n) is 1.39. The molecule has 0 aromatic carbocycles. The van der Waals surface area contributed by atoms with Gasteiger partial charge in [-0.05, 0) is 13.0 Å². The van der Waals surface area contributed by atoms with Gasteiger partial charge < -0.3 is 9.47 Å². The second-order valence-electron chi connectivity index (χ2n) is 3.67. The molecule has 0 N–H and O–H groups in total. The van der Waals surface area contributed by atoms with Gasteiger partial charge in [0.05, 0.1) is 11.4 Å². The maximum atomic E-state index is 5.39. The molecule has 102 valence electrons. The summed E-state index contributed by atoms with van der Waals surface area (Å²) in [6.45, 7) is 2.82. The van der Waals surface area contributed by atoms with Crippen LogP contribution in [0.4, 0.5) is 0 Å². The summed E-state index contributed by atoms with van der Waals surface area (Å²) in [5.41, 5.74) is 0. The Morgan fingerprint density at radius 3 is 2.68 bits per heavy atom. The highest BCUT2D eigenvalue weighted by Gasteiger charge is 2.17. The number of rotatable bonds is 6. The van der Waals surface area contributed by atoms with Crippen LogP contribution in [0.5, 0.6) is 6.01 Å². The lowest BCUT2D eigenvalue weighted by Gasteiger charge is -2.03. The Balaban J connectivity index is 2.26. The first-order valence-electron chi connectivity index (χ1n) is 5.72. The molecule has 1 unspecified atom stereocenters. The number of methoxy groups -OCH3 is 1. The lowest BCUT2D eigenvalue weighted by atomic mass is 10.4. The molecule has 2 aromatic rings. The number of nitrogens with zero attached hydrogens (tertiary/aromatic N) is 5. The summed E-state index contributed by atoms with van der Waals surface area (Å²) >= 11 is 3.47. The Hall–Kier alpha value is -1.54. The highest BCUT2D eigenvalue weighted by Crippen LogP contribution is 2.23. The van der Waals surface area contributed by atoms with Crippen LogP contribution in [0, 0.1) is 0 Å². The van der Waals surface area contributed by atoms with E-state index in [-0.39, 0.29) is 10.8 Å². The van der Waals surface area contributed by atoms with E-state index >= 15 is 0 Å². The van der Waals surface area contributed by atoms with Crippen molar-refractivity contribution in [2.45, 2.75) is 11.8 Å². The Labute approximate surface area is 119 Å². The molecule has 19 heavy (non-hydrogen) atoms. The first kappa shape index (κ1) is 13.9.